The maximum Gasteiger partial charge on any atom is 0.408 e. The quantitative estimate of drug-likeness (QED) is 0.280. The van der Waals surface area contributed by atoms with E-state index in [-0.39, 0.29) is 18.2 Å². The molecule has 2 aromatic carbocycles. The highest BCUT2D eigenvalue weighted by Crippen LogP contribution is 2.24. The van der Waals surface area contributed by atoms with Gasteiger partial charge in [0, 0.05) is 54.1 Å². The number of carbonyl (C=O) groups is 4. The molecule has 2 aromatic rings. The highest BCUT2D eigenvalue weighted by atomic mass is 35.5. The van der Waals surface area contributed by atoms with Crippen LogP contribution in [0.2, 0.25) is 15.1 Å². The predicted octanol–water partition coefficient (Wildman–Crippen LogP) is 8.23. The third kappa shape index (κ3) is 15.1. The molecular formula is C38H53Cl3N4O6. The summed E-state index contributed by atoms with van der Waals surface area (Å²) in [5.74, 6) is -0.188. The minimum Gasteiger partial charge on any atom is -0.444 e. The number of rotatable bonds is 8. The fourth-order valence-corrected chi connectivity index (χ4v) is 6.46. The summed E-state index contributed by atoms with van der Waals surface area (Å²) in [7, 11) is 0. The van der Waals surface area contributed by atoms with E-state index in [4.69, 9.17) is 44.3 Å². The number of carbonyl (C=O) groups excluding carboxylic acids is 4. The summed E-state index contributed by atoms with van der Waals surface area (Å²) in [6.45, 7) is 13.6. The van der Waals surface area contributed by atoms with Gasteiger partial charge in [0.05, 0.1) is 0 Å². The summed E-state index contributed by atoms with van der Waals surface area (Å²) >= 11 is 18.4. The van der Waals surface area contributed by atoms with Gasteiger partial charge in [0.1, 0.15) is 23.3 Å². The average Bonchev–Trinajstić information content (AvgIpc) is 3.05. The van der Waals surface area contributed by atoms with Crippen molar-refractivity contribution in [1.29, 1.82) is 0 Å². The minimum atomic E-state index is -0.735. The molecule has 2 aliphatic rings. The number of amides is 4. The zero-order valence-corrected chi connectivity index (χ0v) is 32.9. The summed E-state index contributed by atoms with van der Waals surface area (Å²) < 4.78 is 10.6. The Morgan fingerprint density at radius 1 is 0.627 bits per heavy atom. The Hall–Kier alpha value is -3.21. The van der Waals surface area contributed by atoms with Crippen LogP contribution in [0.3, 0.4) is 0 Å². The van der Waals surface area contributed by atoms with Crippen molar-refractivity contribution >= 4 is 58.8 Å². The summed E-state index contributed by atoms with van der Waals surface area (Å²) in [6.07, 6.45) is 5.63. The maximum atomic E-state index is 13.0. The first-order chi connectivity index (χ1) is 23.9. The Bertz CT molecular complexity index is 1480. The first-order valence-corrected chi connectivity index (χ1v) is 18.8. The zero-order chi connectivity index (χ0) is 37.8. The number of benzene rings is 2. The van der Waals surface area contributed by atoms with Crippen LogP contribution in [-0.4, -0.2) is 83.3 Å². The number of hydrogen-bond donors (Lipinski definition) is 2. The van der Waals surface area contributed by atoms with Crippen LogP contribution in [0.1, 0.15) is 91.2 Å². The number of hydrogen-bond acceptors (Lipinski definition) is 6. The number of piperidine rings is 2. The van der Waals surface area contributed by atoms with Crippen LogP contribution in [0.5, 0.6) is 0 Å². The first-order valence-electron chi connectivity index (χ1n) is 17.7. The van der Waals surface area contributed by atoms with Crippen molar-refractivity contribution < 1.29 is 28.7 Å². The lowest BCUT2D eigenvalue weighted by Gasteiger charge is -2.31. The van der Waals surface area contributed by atoms with Crippen molar-refractivity contribution in [1.82, 2.24) is 20.4 Å². The van der Waals surface area contributed by atoms with Crippen LogP contribution in [0.25, 0.3) is 0 Å². The van der Waals surface area contributed by atoms with Gasteiger partial charge in [-0.2, -0.15) is 0 Å². The molecule has 2 atom stereocenters. The standard InChI is InChI=1S/C19H26Cl2N2O3.C19H27ClN2O3/c1-19(2,3)26-18(25)22-16(17(24)23-9-5-4-6-10-23)11-13-7-8-14(20)12-15(13)21;1-19(2,3)25-18(24)21-16(13-14-9-5-6-10-15(14)20)17(23)22-11-7-4-8-12-22/h7-8,12,16H,4-6,9-11H2,1-3H3,(H,22,25);5-6,9-10,16H,4,7-8,11-13H2,1-3H3,(H,21,24)/t2*16-/m00/s1. The van der Waals surface area contributed by atoms with Gasteiger partial charge in [0.25, 0.3) is 0 Å². The third-order valence-electron chi connectivity index (χ3n) is 8.13. The molecule has 2 fully saturated rings. The molecule has 4 rings (SSSR count). The highest BCUT2D eigenvalue weighted by molar-refractivity contribution is 6.35. The SMILES string of the molecule is CC(C)(C)OC(=O)N[C@@H](Cc1ccc(Cl)cc1Cl)C(=O)N1CCCCC1.CC(C)(C)OC(=O)N[C@@H](Cc1ccccc1Cl)C(=O)N1CCCCC1. The lowest BCUT2D eigenvalue weighted by Crippen LogP contribution is -2.51. The van der Waals surface area contributed by atoms with Crippen molar-refractivity contribution in [3.05, 3.63) is 68.7 Å². The maximum absolute atomic E-state index is 13.0. The molecule has 13 heteroatoms. The molecule has 0 spiro atoms. The van der Waals surface area contributed by atoms with Crippen molar-refractivity contribution in [3.8, 4) is 0 Å². The van der Waals surface area contributed by atoms with Crippen molar-refractivity contribution in [2.24, 2.45) is 0 Å². The van der Waals surface area contributed by atoms with E-state index in [1.165, 1.54) is 0 Å². The minimum absolute atomic E-state index is 0.0783. The van der Waals surface area contributed by atoms with Crippen LogP contribution < -0.4 is 10.6 Å². The van der Waals surface area contributed by atoms with Gasteiger partial charge in [0.2, 0.25) is 11.8 Å². The molecular weight excluding hydrogens is 715 g/mol. The second-order valence-corrected chi connectivity index (χ2v) is 16.2. The van der Waals surface area contributed by atoms with E-state index in [1.807, 2.05) is 23.1 Å². The molecule has 0 unspecified atom stereocenters. The molecule has 2 heterocycles. The van der Waals surface area contributed by atoms with Crippen LogP contribution in [0.15, 0.2) is 42.5 Å². The summed E-state index contributed by atoms with van der Waals surface area (Å²) in [5.41, 5.74) is 0.326. The Morgan fingerprint density at radius 3 is 1.43 bits per heavy atom. The smallest absolute Gasteiger partial charge is 0.408 e. The Labute approximate surface area is 317 Å². The Morgan fingerprint density at radius 2 is 1.04 bits per heavy atom. The lowest BCUT2D eigenvalue weighted by molar-refractivity contribution is -0.135. The molecule has 0 bridgehead atoms. The van der Waals surface area contributed by atoms with Gasteiger partial charge in [-0.3, -0.25) is 9.59 Å². The number of alkyl carbamates (subject to hydrolysis) is 2. The normalized spacial score (nSPS) is 16.2. The molecule has 0 aliphatic carbocycles. The third-order valence-corrected chi connectivity index (χ3v) is 9.09. The molecule has 0 radical (unpaired) electrons. The van der Waals surface area contributed by atoms with Crippen LogP contribution in [-0.2, 0) is 31.9 Å². The summed E-state index contributed by atoms with van der Waals surface area (Å²) in [5, 5.41) is 7.04. The monoisotopic (exact) mass is 766 g/mol. The van der Waals surface area contributed by atoms with Gasteiger partial charge >= 0.3 is 12.2 Å². The number of nitrogens with one attached hydrogen (secondary N) is 2. The zero-order valence-electron chi connectivity index (χ0n) is 30.7. The summed E-state index contributed by atoms with van der Waals surface area (Å²) in [6, 6.07) is 11.1. The molecule has 282 valence electrons. The molecule has 51 heavy (non-hydrogen) atoms. The topological polar surface area (TPSA) is 117 Å². The van der Waals surface area contributed by atoms with Gasteiger partial charge in [0.15, 0.2) is 0 Å². The summed E-state index contributed by atoms with van der Waals surface area (Å²) in [4.78, 5) is 53.9. The van der Waals surface area contributed by atoms with E-state index < -0.39 is 35.5 Å². The van der Waals surface area contributed by atoms with E-state index in [1.54, 1.807) is 70.7 Å². The number of ether oxygens (including phenoxy) is 2. The van der Waals surface area contributed by atoms with Crippen LogP contribution in [0, 0.1) is 0 Å². The van der Waals surface area contributed by atoms with Gasteiger partial charge in [-0.05, 0) is 109 Å². The average molecular weight is 768 g/mol. The van der Waals surface area contributed by atoms with Gasteiger partial charge in [-0.1, -0.05) is 59.1 Å². The van der Waals surface area contributed by atoms with Crippen molar-refractivity contribution in [2.45, 2.75) is 116 Å². The highest BCUT2D eigenvalue weighted by Gasteiger charge is 2.31. The van der Waals surface area contributed by atoms with Gasteiger partial charge < -0.3 is 29.9 Å². The van der Waals surface area contributed by atoms with Crippen LogP contribution in [0.4, 0.5) is 9.59 Å². The fraction of sp³-hybridized carbons (Fsp3) is 0.579. The molecule has 10 nitrogen and oxygen atoms in total. The van der Waals surface area contributed by atoms with E-state index in [0.717, 1.165) is 62.7 Å². The second kappa shape index (κ2) is 19.6. The van der Waals surface area contributed by atoms with E-state index >= 15 is 0 Å². The Kier molecular flexibility index (Phi) is 16.2. The van der Waals surface area contributed by atoms with Crippen molar-refractivity contribution in [2.75, 3.05) is 26.2 Å². The first kappa shape index (κ1) is 42.2. The van der Waals surface area contributed by atoms with Gasteiger partial charge in [-0.25, -0.2) is 9.59 Å². The van der Waals surface area contributed by atoms with E-state index in [0.29, 0.717) is 34.6 Å². The number of nitrogens with zero attached hydrogens (tertiary/aromatic N) is 2. The molecule has 2 saturated heterocycles. The van der Waals surface area contributed by atoms with Crippen molar-refractivity contribution in [3.63, 3.8) is 0 Å². The second-order valence-electron chi connectivity index (χ2n) is 14.9. The molecule has 4 amide bonds. The molecule has 2 N–H and O–H groups in total. The number of halogens is 3. The molecule has 0 aromatic heterocycles. The molecule has 0 saturated carbocycles. The predicted molar refractivity (Wildman–Crippen MR) is 202 cm³/mol. The lowest BCUT2D eigenvalue weighted by atomic mass is 10.0. The molecule has 2 aliphatic heterocycles. The number of likely N-dealkylation sites (tertiary alicyclic amines) is 2. The van der Waals surface area contributed by atoms with Gasteiger partial charge in [-0.15, -0.1) is 0 Å². The largest absolute Gasteiger partial charge is 0.444 e. The van der Waals surface area contributed by atoms with E-state index in [2.05, 4.69) is 10.6 Å². The fourth-order valence-electron chi connectivity index (χ4n) is 5.76. The van der Waals surface area contributed by atoms with Crippen LogP contribution >= 0.6 is 34.8 Å². The Balaban J connectivity index is 0.000000276. The van der Waals surface area contributed by atoms with E-state index in [9.17, 15) is 19.2 Å².